The van der Waals surface area contributed by atoms with Crippen molar-refractivity contribution in [1.29, 1.82) is 0 Å². The zero-order chi connectivity index (χ0) is 10.7. The molecule has 0 radical (unpaired) electrons. The average molecular weight is 208 g/mol. The molecule has 0 spiro atoms. The Hall–Kier alpha value is -0.790. The minimum absolute atomic E-state index is 0.602. The van der Waals surface area contributed by atoms with E-state index in [-0.39, 0.29) is 0 Å². The summed E-state index contributed by atoms with van der Waals surface area (Å²) >= 11 is 0. The van der Waals surface area contributed by atoms with E-state index in [2.05, 4.69) is 0 Å². The normalized spacial score (nSPS) is 24.3. The molecule has 0 atom stereocenters. The highest BCUT2D eigenvalue weighted by Gasteiger charge is 2.25. The molecule has 2 nitrogen and oxygen atoms in total. The highest BCUT2D eigenvalue weighted by molar-refractivity contribution is 5.87. The third kappa shape index (κ3) is 2.42. The van der Waals surface area contributed by atoms with Gasteiger partial charge in [-0.05, 0) is 44.4 Å². The molecule has 15 heavy (non-hydrogen) atoms. The Morgan fingerprint density at radius 1 is 1.00 bits per heavy atom. The summed E-state index contributed by atoms with van der Waals surface area (Å²) < 4.78 is 0. The van der Waals surface area contributed by atoms with E-state index in [9.17, 15) is 9.90 Å². The lowest BCUT2D eigenvalue weighted by molar-refractivity contribution is -0.133. The van der Waals surface area contributed by atoms with Crippen molar-refractivity contribution in [3.8, 4) is 0 Å². The Labute approximate surface area is 91.4 Å². The summed E-state index contributed by atoms with van der Waals surface area (Å²) in [5, 5.41) is 9.18. The van der Waals surface area contributed by atoms with Crippen LogP contribution >= 0.6 is 0 Å². The molecule has 84 valence electrons. The minimum atomic E-state index is -0.657. The number of carboxylic acid groups (broad SMARTS) is 1. The van der Waals surface area contributed by atoms with Gasteiger partial charge in [0.25, 0.3) is 0 Å². The molecule has 0 aliphatic heterocycles. The van der Waals surface area contributed by atoms with Gasteiger partial charge in [0.05, 0.1) is 0 Å². The Morgan fingerprint density at radius 2 is 1.67 bits per heavy atom. The fourth-order valence-electron chi connectivity index (χ4n) is 3.07. The Kier molecular flexibility index (Phi) is 3.45. The van der Waals surface area contributed by atoms with Crippen molar-refractivity contribution in [2.45, 2.75) is 57.8 Å². The van der Waals surface area contributed by atoms with E-state index in [4.69, 9.17) is 0 Å². The number of allylic oxidation sites excluding steroid dienone is 1. The van der Waals surface area contributed by atoms with Gasteiger partial charge in [-0.3, -0.25) is 0 Å². The van der Waals surface area contributed by atoms with Gasteiger partial charge in [-0.15, -0.1) is 0 Å². The highest BCUT2D eigenvalue weighted by Crippen LogP contribution is 2.37. The summed E-state index contributed by atoms with van der Waals surface area (Å²) in [6.07, 6.45) is 10.5. The Bertz CT molecular complexity index is 272. The second-order valence-electron chi connectivity index (χ2n) is 4.85. The minimum Gasteiger partial charge on any atom is -0.478 e. The molecule has 0 heterocycles. The van der Waals surface area contributed by atoms with Crippen molar-refractivity contribution in [2.75, 3.05) is 0 Å². The van der Waals surface area contributed by atoms with Gasteiger partial charge in [0.1, 0.15) is 0 Å². The van der Waals surface area contributed by atoms with Gasteiger partial charge in [0, 0.05) is 5.57 Å². The van der Waals surface area contributed by atoms with Crippen LogP contribution in [0, 0.1) is 5.92 Å². The molecule has 2 aliphatic carbocycles. The molecule has 2 aliphatic rings. The highest BCUT2D eigenvalue weighted by atomic mass is 16.4. The predicted molar refractivity (Wildman–Crippen MR) is 59.7 cm³/mol. The van der Waals surface area contributed by atoms with Crippen LogP contribution in [0.1, 0.15) is 57.8 Å². The van der Waals surface area contributed by atoms with Crippen molar-refractivity contribution in [1.82, 2.24) is 0 Å². The van der Waals surface area contributed by atoms with Gasteiger partial charge in [0.15, 0.2) is 0 Å². The number of hydrogen-bond donors (Lipinski definition) is 1. The van der Waals surface area contributed by atoms with E-state index in [1.54, 1.807) is 0 Å². The molecule has 0 aromatic rings. The topological polar surface area (TPSA) is 37.3 Å². The van der Waals surface area contributed by atoms with Crippen LogP contribution in [0.5, 0.6) is 0 Å². The van der Waals surface area contributed by atoms with Crippen LogP contribution in [0.2, 0.25) is 0 Å². The molecule has 0 aromatic carbocycles. The summed E-state index contributed by atoms with van der Waals surface area (Å²) in [5.41, 5.74) is 2.06. The molecule has 1 N–H and O–H groups in total. The lowest BCUT2D eigenvalue weighted by Crippen LogP contribution is -2.17. The summed E-state index contributed by atoms with van der Waals surface area (Å²) in [7, 11) is 0. The van der Waals surface area contributed by atoms with Gasteiger partial charge in [-0.2, -0.15) is 0 Å². The van der Waals surface area contributed by atoms with Crippen LogP contribution in [0.25, 0.3) is 0 Å². The average Bonchev–Trinajstić information content (AvgIpc) is 2.30. The Balaban J connectivity index is 2.17. The predicted octanol–water partition coefficient (Wildman–Crippen LogP) is 3.52. The molecule has 0 aromatic heterocycles. The summed E-state index contributed by atoms with van der Waals surface area (Å²) in [4.78, 5) is 11.1. The monoisotopic (exact) mass is 208 g/mol. The number of carboxylic acids is 1. The van der Waals surface area contributed by atoms with Gasteiger partial charge in [-0.25, -0.2) is 4.79 Å². The van der Waals surface area contributed by atoms with Crippen LogP contribution in [0.15, 0.2) is 11.1 Å². The van der Waals surface area contributed by atoms with Crippen molar-refractivity contribution < 1.29 is 9.90 Å². The first-order chi connectivity index (χ1) is 7.29. The quantitative estimate of drug-likeness (QED) is 0.753. The zero-order valence-electron chi connectivity index (χ0n) is 9.30. The maximum Gasteiger partial charge on any atom is 0.331 e. The maximum absolute atomic E-state index is 11.1. The van der Waals surface area contributed by atoms with E-state index >= 15 is 0 Å². The molecule has 2 heteroatoms. The standard InChI is InChI=1S/C13H20O2/c14-13(15)12-9-5-4-8-11(12)10-6-2-1-3-7-10/h10H,1-9H2,(H,14,15). The molecule has 0 saturated heterocycles. The van der Waals surface area contributed by atoms with Crippen molar-refractivity contribution in [2.24, 2.45) is 5.92 Å². The molecular weight excluding hydrogens is 188 g/mol. The number of rotatable bonds is 2. The SMILES string of the molecule is O=C(O)C1=C(C2CCCCC2)CCCC1. The molecule has 0 bridgehead atoms. The third-order valence-corrected chi connectivity index (χ3v) is 3.87. The van der Waals surface area contributed by atoms with Crippen LogP contribution in [-0.2, 0) is 4.79 Å². The van der Waals surface area contributed by atoms with E-state index < -0.39 is 5.97 Å². The van der Waals surface area contributed by atoms with Gasteiger partial charge in [0.2, 0.25) is 0 Å². The van der Waals surface area contributed by atoms with Crippen LogP contribution < -0.4 is 0 Å². The van der Waals surface area contributed by atoms with E-state index in [1.165, 1.54) is 44.1 Å². The first kappa shape index (κ1) is 10.7. The van der Waals surface area contributed by atoms with E-state index in [0.717, 1.165) is 24.8 Å². The first-order valence-electron chi connectivity index (χ1n) is 6.24. The second-order valence-corrected chi connectivity index (χ2v) is 4.85. The third-order valence-electron chi connectivity index (χ3n) is 3.87. The van der Waals surface area contributed by atoms with Crippen molar-refractivity contribution in [3.63, 3.8) is 0 Å². The fraction of sp³-hybridized carbons (Fsp3) is 0.769. The first-order valence-corrected chi connectivity index (χ1v) is 6.24. The van der Waals surface area contributed by atoms with Crippen LogP contribution in [0.4, 0.5) is 0 Å². The maximum atomic E-state index is 11.1. The van der Waals surface area contributed by atoms with Gasteiger partial charge < -0.3 is 5.11 Å². The lowest BCUT2D eigenvalue weighted by atomic mass is 9.77. The smallest absolute Gasteiger partial charge is 0.331 e. The van der Waals surface area contributed by atoms with Gasteiger partial charge >= 0.3 is 5.97 Å². The van der Waals surface area contributed by atoms with E-state index in [0.29, 0.717) is 5.92 Å². The lowest BCUT2D eigenvalue weighted by Gasteiger charge is -2.28. The molecule has 1 fully saturated rings. The summed E-state index contributed by atoms with van der Waals surface area (Å²) in [6.45, 7) is 0. The molecule has 1 saturated carbocycles. The molecule has 0 unspecified atom stereocenters. The molecular formula is C13H20O2. The van der Waals surface area contributed by atoms with E-state index in [1.807, 2.05) is 0 Å². The number of aliphatic carboxylic acids is 1. The summed E-state index contributed by atoms with van der Waals surface area (Å²) in [5.74, 6) is -0.0552. The van der Waals surface area contributed by atoms with Crippen LogP contribution in [-0.4, -0.2) is 11.1 Å². The Morgan fingerprint density at radius 3 is 2.33 bits per heavy atom. The van der Waals surface area contributed by atoms with Crippen molar-refractivity contribution in [3.05, 3.63) is 11.1 Å². The number of hydrogen-bond acceptors (Lipinski definition) is 1. The fourth-order valence-corrected chi connectivity index (χ4v) is 3.07. The van der Waals surface area contributed by atoms with Crippen molar-refractivity contribution >= 4 is 5.97 Å². The summed E-state index contributed by atoms with van der Waals surface area (Å²) in [6, 6.07) is 0. The zero-order valence-corrected chi connectivity index (χ0v) is 9.30. The van der Waals surface area contributed by atoms with Gasteiger partial charge in [-0.1, -0.05) is 24.8 Å². The molecule has 0 amide bonds. The number of carbonyl (C=O) groups is 1. The largest absolute Gasteiger partial charge is 0.478 e. The molecule has 2 rings (SSSR count). The van der Waals surface area contributed by atoms with Crippen LogP contribution in [0.3, 0.4) is 0 Å². The second kappa shape index (κ2) is 4.82.